The maximum absolute atomic E-state index is 12.2. The van der Waals surface area contributed by atoms with Crippen LogP contribution in [0.25, 0.3) is 0 Å². The van der Waals surface area contributed by atoms with Crippen molar-refractivity contribution < 1.29 is 8.42 Å². The lowest BCUT2D eigenvalue weighted by atomic mass is 10.2. The molecule has 0 fully saturated rings. The van der Waals surface area contributed by atoms with Crippen molar-refractivity contribution in [2.24, 2.45) is 5.73 Å². The van der Waals surface area contributed by atoms with Crippen molar-refractivity contribution in [1.82, 2.24) is 4.72 Å². The fraction of sp³-hybridized carbons (Fsp3) is 0.286. The van der Waals surface area contributed by atoms with Gasteiger partial charge in [-0.1, -0.05) is 23.7 Å². The molecular weight excluding hydrogens is 328 g/mol. The Kier molecular flexibility index (Phi) is 5.40. The number of thiophene rings is 1. The molecule has 0 aliphatic heterocycles. The van der Waals surface area contributed by atoms with Crippen molar-refractivity contribution in [3.8, 4) is 0 Å². The predicted octanol–water partition coefficient (Wildman–Crippen LogP) is 2.69. The Morgan fingerprint density at radius 1 is 1.29 bits per heavy atom. The number of hydrogen-bond acceptors (Lipinski definition) is 4. The molecule has 0 saturated heterocycles. The Labute approximate surface area is 134 Å². The van der Waals surface area contributed by atoms with Crippen LogP contribution in [0.2, 0.25) is 5.02 Å². The zero-order valence-corrected chi connectivity index (χ0v) is 14.0. The van der Waals surface area contributed by atoms with E-state index >= 15 is 0 Å². The molecule has 1 aromatic carbocycles. The number of nitrogens with one attached hydrogen (secondary N) is 1. The summed E-state index contributed by atoms with van der Waals surface area (Å²) in [5, 5.41) is 0.669. The van der Waals surface area contributed by atoms with E-state index in [-0.39, 0.29) is 0 Å². The largest absolute Gasteiger partial charge is 0.326 e. The average molecular weight is 345 g/mol. The Hall–Kier alpha value is -0.920. The van der Waals surface area contributed by atoms with Crippen molar-refractivity contribution >= 4 is 33.0 Å². The molecule has 0 radical (unpaired) electrons. The second-order valence-electron chi connectivity index (χ2n) is 4.65. The second-order valence-corrected chi connectivity index (χ2v) is 8.22. The molecule has 0 bridgehead atoms. The van der Waals surface area contributed by atoms with Crippen LogP contribution in [0.15, 0.2) is 34.5 Å². The van der Waals surface area contributed by atoms with Gasteiger partial charge < -0.3 is 5.73 Å². The van der Waals surface area contributed by atoms with Crippen LogP contribution < -0.4 is 10.5 Å². The normalized spacial score (nSPS) is 11.8. The van der Waals surface area contributed by atoms with Crippen molar-refractivity contribution in [3.63, 3.8) is 0 Å². The zero-order valence-electron chi connectivity index (χ0n) is 11.6. The van der Waals surface area contributed by atoms with Gasteiger partial charge >= 0.3 is 0 Å². The van der Waals surface area contributed by atoms with E-state index in [2.05, 4.69) is 4.72 Å². The minimum absolute atomic E-state index is 0.316. The highest BCUT2D eigenvalue weighted by Gasteiger charge is 2.17. The molecule has 0 aliphatic rings. The Morgan fingerprint density at radius 3 is 2.52 bits per heavy atom. The van der Waals surface area contributed by atoms with Crippen molar-refractivity contribution in [2.45, 2.75) is 24.1 Å². The lowest BCUT2D eigenvalue weighted by Crippen LogP contribution is -2.25. The molecule has 114 valence electrons. The first kappa shape index (κ1) is 16.5. The number of rotatable bonds is 6. The van der Waals surface area contributed by atoms with Crippen LogP contribution in [-0.2, 0) is 23.0 Å². The lowest BCUT2D eigenvalue weighted by molar-refractivity contribution is 0.583. The van der Waals surface area contributed by atoms with E-state index in [0.717, 1.165) is 16.0 Å². The molecule has 0 amide bonds. The molecule has 2 aromatic rings. The van der Waals surface area contributed by atoms with Gasteiger partial charge in [0, 0.05) is 23.0 Å². The smallest absolute Gasteiger partial charge is 0.250 e. The number of sulfonamides is 1. The maximum Gasteiger partial charge on any atom is 0.250 e. The van der Waals surface area contributed by atoms with Gasteiger partial charge in [0.25, 0.3) is 0 Å². The molecule has 1 aromatic heterocycles. The monoisotopic (exact) mass is 344 g/mol. The highest BCUT2D eigenvalue weighted by atomic mass is 35.5. The fourth-order valence-electron chi connectivity index (χ4n) is 1.88. The van der Waals surface area contributed by atoms with E-state index in [0.29, 0.717) is 28.7 Å². The van der Waals surface area contributed by atoms with Crippen LogP contribution in [-0.4, -0.2) is 15.0 Å². The molecule has 0 saturated carbocycles. The van der Waals surface area contributed by atoms with Crippen LogP contribution >= 0.6 is 22.9 Å². The number of nitrogens with two attached hydrogens (primary N) is 1. The SMILES string of the molecule is Cc1cc(S(=O)(=O)NCCc2ccc(Cl)cc2)sc1CN. The van der Waals surface area contributed by atoms with E-state index in [1.807, 2.05) is 19.1 Å². The summed E-state index contributed by atoms with van der Waals surface area (Å²) in [5.41, 5.74) is 7.53. The minimum Gasteiger partial charge on any atom is -0.326 e. The molecule has 1 heterocycles. The molecule has 2 rings (SSSR count). The highest BCUT2D eigenvalue weighted by molar-refractivity contribution is 7.91. The summed E-state index contributed by atoms with van der Waals surface area (Å²) in [6.07, 6.45) is 0.616. The molecule has 0 aliphatic carbocycles. The van der Waals surface area contributed by atoms with Crippen molar-refractivity contribution in [2.75, 3.05) is 6.54 Å². The van der Waals surface area contributed by atoms with Gasteiger partial charge in [0.15, 0.2) is 0 Å². The van der Waals surface area contributed by atoms with Crippen LogP contribution in [0.4, 0.5) is 0 Å². The number of hydrogen-bond donors (Lipinski definition) is 2. The summed E-state index contributed by atoms with van der Waals surface area (Å²) in [6.45, 7) is 2.57. The lowest BCUT2D eigenvalue weighted by Gasteiger charge is -2.05. The maximum atomic E-state index is 12.2. The standard InChI is InChI=1S/C14H17ClN2O2S2/c1-10-8-14(20-13(10)9-16)21(18,19)17-7-6-11-2-4-12(15)5-3-11/h2-5,8,17H,6-7,9,16H2,1H3. The first-order valence-electron chi connectivity index (χ1n) is 6.46. The van der Waals surface area contributed by atoms with Gasteiger partial charge in [0.05, 0.1) is 0 Å². The molecule has 3 N–H and O–H groups in total. The Bertz CT molecular complexity index is 709. The average Bonchev–Trinajstić information content (AvgIpc) is 2.83. The summed E-state index contributed by atoms with van der Waals surface area (Å²) in [4.78, 5) is 0.896. The number of aryl methyl sites for hydroxylation is 1. The van der Waals surface area contributed by atoms with E-state index < -0.39 is 10.0 Å². The van der Waals surface area contributed by atoms with E-state index in [1.54, 1.807) is 18.2 Å². The van der Waals surface area contributed by atoms with Gasteiger partial charge in [0.2, 0.25) is 10.0 Å². The number of benzene rings is 1. The van der Waals surface area contributed by atoms with E-state index in [9.17, 15) is 8.42 Å². The van der Waals surface area contributed by atoms with Gasteiger partial charge in [-0.25, -0.2) is 13.1 Å². The van der Waals surface area contributed by atoms with Gasteiger partial charge in [-0.05, 0) is 42.7 Å². The first-order chi connectivity index (χ1) is 9.92. The third-order valence-corrected chi connectivity index (χ3v) is 6.51. The quantitative estimate of drug-likeness (QED) is 0.846. The molecule has 0 spiro atoms. The predicted molar refractivity (Wildman–Crippen MR) is 87.3 cm³/mol. The van der Waals surface area contributed by atoms with Crippen molar-refractivity contribution in [1.29, 1.82) is 0 Å². The second kappa shape index (κ2) is 6.89. The van der Waals surface area contributed by atoms with Gasteiger partial charge in [-0.3, -0.25) is 0 Å². The third-order valence-electron chi connectivity index (χ3n) is 3.07. The third kappa shape index (κ3) is 4.28. The minimum atomic E-state index is -3.46. The molecule has 7 heteroatoms. The van der Waals surface area contributed by atoms with Crippen molar-refractivity contribution in [3.05, 3.63) is 51.4 Å². The molecule has 21 heavy (non-hydrogen) atoms. The Balaban J connectivity index is 1.99. The first-order valence-corrected chi connectivity index (χ1v) is 9.13. The fourth-order valence-corrected chi connectivity index (χ4v) is 4.55. The summed E-state index contributed by atoms with van der Waals surface area (Å²) in [6, 6.07) is 9.03. The zero-order chi connectivity index (χ0) is 15.5. The summed E-state index contributed by atoms with van der Waals surface area (Å²) < 4.78 is 27.3. The van der Waals surface area contributed by atoms with Crippen LogP contribution in [0.1, 0.15) is 16.0 Å². The summed E-state index contributed by atoms with van der Waals surface area (Å²) in [5.74, 6) is 0. The molecule has 0 atom stereocenters. The molecule has 0 unspecified atom stereocenters. The van der Waals surface area contributed by atoms with Crippen LogP contribution in [0.5, 0.6) is 0 Å². The van der Waals surface area contributed by atoms with Crippen LogP contribution in [0, 0.1) is 6.92 Å². The van der Waals surface area contributed by atoms with Gasteiger partial charge in [-0.15, -0.1) is 11.3 Å². The summed E-state index contributed by atoms with van der Waals surface area (Å²) in [7, 11) is -3.46. The van der Waals surface area contributed by atoms with E-state index in [4.69, 9.17) is 17.3 Å². The summed E-state index contributed by atoms with van der Waals surface area (Å²) >= 11 is 7.03. The van der Waals surface area contributed by atoms with Gasteiger partial charge in [0.1, 0.15) is 4.21 Å². The Morgan fingerprint density at radius 2 is 1.95 bits per heavy atom. The van der Waals surface area contributed by atoms with Crippen LogP contribution in [0.3, 0.4) is 0 Å². The number of halogens is 1. The van der Waals surface area contributed by atoms with E-state index in [1.165, 1.54) is 11.3 Å². The molecular formula is C14H17ClN2O2S2. The highest BCUT2D eigenvalue weighted by Crippen LogP contribution is 2.25. The molecule has 4 nitrogen and oxygen atoms in total. The van der Waals surface area contributed by atoms with Gasteiger partial charge in [-0.2, -0.15) is 0 Å². The topological polar surface area (TPSA) is 72.2 Å².